The van der Waals surface area contributed by atoms with Crippen molar-refractivity contribution in [1.82, 2.24) is 0 Å². The summed E-state index contributed by atoms with van der Waals surface area (Å²) in [5.74, 6) is 1.09. The Morgan fingerprint density at radius 1 is 0.735 bits per heavy atom. The zero-order valence-electron chi connectivity index (χ0n) is 19.5. The fourth-order valence-electron chi connectivity index (χ4n) is 5.18. The van der Waals surface area contributed by atoms with E-state index in [4.69, 9.17) is 9.47 Å². The summed E-state index contributed by atoms with van der Waals surface area (Å²) in [6.45, 7) is 7.07. The van der Waals surface area contributed by atoms with Crippen LogP contribution < -0.4 is 9.64 Å². The first kappa shape index (κ1) is 20.5. The maximum Gasteiger partial charge on any atom is 0.340 e. The third kappa shape index (κ3) is 2.88. The SMILES string of the molecule is CCN(c1ccc(C)cc1)c1ccc2c(c1)Oc1ccc(C)cc1[C@@]21OC(=O)c2ccccc21. The molecule has 0 aliphatic carbocycles. The van der Waals surface area contributed by atoms with Gasteiger partial charge in [-0.1, -0.05) is 47.5 Å². The fourth-order valence-corrected chi connectivity index (χ4v) is 5.18. The maximum atomic E-state index is 13.0. The molecular weight excluding hydrogens is 422 g/mol. The van der Waals surface area contributed by atoms with E-state index < -0.39 is 5.60 Å². The number of nitrogens with zero attached hydrogens (tertiary/aromatic N) is 1. The lowest BCUT2D eigenvalue weighted by Gasteiger charge is -2.37. The number of fused-ring (bicyclic) bond motifs is 6. The third-order valence-electron chi connectivity index (χ3n) is 6.82. The number of aryl methyl sites for hydroxylation is 2. The Hall–Kier alpha value is -4.05. The molecule has 2 aliphatic rings. The number of rotatable bonds is 3. The van der Waals surface area contributed by atoms with Crippen molar-refractivity contribution < 1.29 is 14.3 Å². The van der Waals surface area contributed by atoms with Gasteiger partial charge in [-0.15, -0.1) is 0 Å². The summed E-state index contributed by atoms with van der Waals surface area (Å²) in [6.07, 6.45) is 0. The van der Waals surface area contributed by atoms with Crippen molar-refractivity contribution in [2.75, 3.05) is 11.4 Å². The minimum Gasteiger partial charge on any atom is -0.456 e. The van der Waals surface area contributed by atoms with Crippen molar-refractivity contribution in [3.63, 3.8) is 0 Å². The van der Waals surface area contributed by atoms with Gasteiger partial charge in [-0.25, -0.2) is 4.79 Å². The molecule has 34 heavy (non-hydrogen) atoms. The fraction of sp³-hybridized carbons (Fsp3) is 0.167. The number of carbonyl (C=O) groups is 1. The van der Waals surface area contributed by atoms with Crippen LogP contribution in [0.4, 0.5) is 11.4 Å². The van der Waals surface area contributed by atoms with Gasteiger partial charge in [0.15, 0.2) is 5.60 Å². The molecule has 0 unspecified atom stereocenters. The molecule has 4 heteroatoms. The Kier molecular flexibility index (Phi) is 4.53. The Morgan fingerprint density at radius 3 is 2.26 bits per heavy atom. The van der Waals surface area contributed by atoms with Crippen LogP contribution in [0.5, 0.6) is 11.5 Å². The lowest BCUT2D eigenvalue weighted by atomic mass is 9.77. The molecule has 0 saturated carbocycles. The number of carbonyl (C=O) groups excluding carboxylic acids is 1. The zero-order valence-corrected chi connectivity index (χ0v) is 19.5. The molecule has 4 nitrogen and oxygen atoms in total. The van der Waals surface area contributed by atoms with Crippen LogP contribution in [0.2, 0.25) is 0 Å². The van der Waals surface area contributed by atoms with Crippen molar-refractivity contribution in [3.8, 4) is 11.5 Å². The highest BCUT2D eigenvalue weighted by Crippen LogP contribution is 2.56. The second kappa shape index (κ2) is 7.49. The first-order valence-electron chi connectivity index (χ1n) is 11.6. The van der Waals surface area contributed by atoms with E-state index >= 15 is 0 Å². The highest BCUT2D eigenvalue weighted by atomic mass is 16.6. The first-order chi connectivity index (χ1) is 16.5. The number of anilines is 2. The normalized spacial score (nSPS) is 17.4. The number of ether oxygens (including phenoxy) is 2. The minimum absolute atomic E-state index is 0.310. The molecule has 168 valence electrons. The van der Waals surface area contributed by atoms with Crippen LogP contribution in [0, 0.1) is 13.8 Å². The van der Waals surface area contributed by atoms with E-state index in [1.54, 1.807) is 0 Å². The average Bonchev–Trinajstić information content (AvgIpc) is 3.14. The Balaban J connectivity index is 1.56. The van der Waals surface area contributed by atoms with Gasteiger partial charge in [0.1, 0.15) is 11.5 Å². The molecule has 0 bridgehead atoms. The van der Waals surface area contributed by atoms with Gasteiger partial charge in [-0.05, 0) is 63.2 Å². The maximum absolute atomic E-state index is 13.0. The number of hydrogen-bond acceptors (Lipinski definition) is 4. The van der Waals surface area contributed by atoms with Crippen molar-refractivity contribution in [2.24, 2.45) is 0 Å². The van der Waals surface area contributed by atoms with Gasteiger partial charge in [-0.2, -0.15) is 0 Å². The molecule has 2 heterocycles. The molecule has 4 aromatic rings. The number of benzene rings is 4. The molecule has 1 spiro atoms. The van der Waals surface area contributed by atoms with Crippen LogP contribution in [0.1, 0.15) is 45.1 Å². The average molecular weight is 448 g/mol. The molecule has 6 rings (SSSR count). The molecule has 0 aromatic heterocycles. The van der Waals surface area contributed by atoms with Gasteiger partial charge in [-0.3, -0.25) is 0 Å². The van der Waals surface area contributed by atoms with Gasteiger partial charge < -0.3 is 14.4 Å². The summed E-state index contributed by atoms with van der Waals surface area (Å²) < 4.78 is 12.7. The summed E-state index contributed by atoms with van der Waals surface area (Å²) in [7, 11) is 0. The monoisotopic (exact) mass is 447 g/mol. The van der Waals surface area contributed by atoms with E-state index in [0.717, 1.165) is 40.2 Å². The van der Waals surface area contributed by atoms with Crippen molar-refractivity contribution >= 4 is 17.3 Å². The van der Waals surface area contributed by atoms with Gasteiger partial charge in [0, 0.05) is 40.7 Å². The van der Waals surface area contributed by atoms with E-state index in [9.17, 15) is 4.79 Å². The van der Waals surface area contributed by atoms with Gasteiger partial charge in [0.25, 0.3) is 0 Å². The van der Waals surface area contributed by atoms with E-state index in [1.165, 1.54) is 5.56 Å². The third-order valence-corrected chi connectivity index (χ3v) is 6.82. The predicted octanol–water partition coefficient (Wildman–Crippen LogP) is 7.03. The molecular formula is C30H25NO3. The lowest BCUT2D eigenvalue weighted by Crippen LogP contribution is -2.33. The molecule has 1 atom stereocenters. The summed E-state index contributed by atoms with van der Waals surface area (Å²) >= 11 is 0. The minimum atomic E-state index is -1.03. The second-order valence-electron chi connectivity index (χ2n) is 8.98. The summed E-state index contributed by atoms with van der Waals surface area (Å²) in [4.78, 5) is 15.3. The smallest absolute Gasteiger partial charge is 0.340 e. The zero-order chi connectivity index (χ0) is 23.4. The second-order valence-corrected chi connectivity index (χ2v) is 8.98. The van der Waals surface area contributed by atoms with E-state index in [0.29, 0.717) is 17.1 Å². The topological polar surface area (TPSA) is 38.8 Å². The first-order valence-corrected chi connectivity index (χ1v) is 11.6. The lowest BCUT2D eigenvalue weighted by molar-refractivity contribution is 0.0224. The Bertz CT molecular complexity index is 1440. The van der Waals surface area contributed by atoms with E-state index in [-0.39, 0.29) is 5.97 Å². The van der Waals surface area contributed by atoms with Crippen molar-refractivity contribution in [3.05, 3.63) is 118 Å². The van der Waals surface area contributed by atoms with Crippen LogP contribution in [0.3, 0.4) is 0 Å². The van der Waals surface area contributed by atoms with Crippen molar-refractivity contribution in [2.45, 2.75) is 26.4 Å². The quantitative estimate of drug-likeness (QED) is 0.316. The molecule has 0 fully saturated rings. The molecule has 0 amide bonds. The molecule has 0 radical (unpaired) electrons. The summed E-state index contributed by atoms with van der Waals surface area (Å²) in [5, 5.41) is 0. The van der Waals surface area contributed by atoms with Gasteiger partial charge in [0.05, 0.1) is 5.56 Å². The van der Waals surface area contributed by atoms with Crippen molar-refractivity contribution in [1.29, 1.82) is 0 Å². The standard InChI is InChI=1S/C30H25NO3/c1-4-31(21-12-9-19(2)10-13-21)22-14-15-25-28(18-22)33-27-16-11-20(3)17-26(27)30(25)24-8-6-5-7-23(24)29(32)34-30/h5-18H,4H2,1-3H3/t30-/m0/s1. The number of hydrogen-bond donors (Lipinski definition) is 0. The number of esters is 1. The van der Waals surface area contributed by atoms with Crippen LogP contribution in [-0.4, -0.2) is 12.5 Å². The summed E-state index contributed by atoms with van der Waals surface area (Å²) in [5.41, 5.74) is 6.58. The van der Waals surface area contributed by atoms with Gasteiger partial charge >= 0.3 is 5.97 Å². The van der Waals surface area contributed by atoms with Gasteiger partial charge in [0.2, 0.25) is 0 Å². The van der Waals surface area contributed by atoms with Crippen LogP contribution in [-0.2, 0) is 10.3 Å². The molecule has 0 N–H and O–H groups in total. The largest absolute Gasteiger partial charge is 0.456 e. The van der Waals surface area contributed by atoms with E-state index in [2.05, 4.69) is 61.2 Å². The highest BCUT2D eigenvalue weighted by molar-refractivity contribution is 5.97. The van der Waals surface area contributed by atoms with Crippen LogP contribution >= 0.6 is 0 Å². The van der Waals surface area contributed by atoms with E-state index in [1.807, 2.05) is 49.4 Å². The van der Waals surface area contributed by atoms with Crippen LogP contribution in [0.25, 0.3) is 0 Å². The van der Waals surface area contributed by atoms with Crippen LogP contribution in [0.15, 0.2) is 84.9 Å². The Morgan fingerprint density at radius 2 is 1.47 bits per heavy atom. The highest BCUT2D eigenvalue weighted by Gasteiger charge is 2.53. The Labute approximate surface area is 199 Å². The molecule has 0 saturated heterocycles. The summed E-state index contributed by atoms with van der Waals surface area (Å²) in [6, 6.07) is 28.4. The molecule has 4 aromatic carbocycles. The molecule has 2 aliphatic heterocycles. The predicted molar refractivity (Wildman–Crippen MR) is 133 cm³/mol.